The topological polar surface area (TPSA) is 58.0 Å². The SMILES string of the molecule is CCSCCCNc1ccc2oc(=O)[nH]c2c1. The number of H-pyrrole nitrogens is 1. The lowest BCUT2D eigenvalue weighted by Gasteiger charge is -2.05. The van der Waals surface area contributed by atoms with Gasteiger partial charge in [-0.05, 0) is 36.1 Å². The van der Waals surface area contributed by atoms with Crippen LogP contribution in [0.2, 0.25) is 0 Å². The monoisotopic (exact) mass is 252 g/mol. The first-order chi connectivity index (χ1) is 8.29. The number of aromatic amines is 1. The molecule has 4 nitrogen and oxygen atoms in total. The lowest BCUT2D eigenvalue weighted by Crippen LogP contribution is -2.02. The number of thioether (sulfide) groups is 1. The summed E-state index contributed by atoms with van der Waals surface area (Å²) in [4.78, 5) is 13.6. The summed E-state index contributed by atoms with van der Waals surface area (Å²) >= 11 is 1.95. The van der Waals surface area contributed by atoms with Crippen LogP contribution in [0.1, 0.15) is 13.3 Å². The van der Waals surface area contributed by atoms with Crippen LogP contribution in [0.15, 0.2) is 27.4 Å². The van der Waals surface area contributed by atoms with Crippen molar-refractivity contribution in [3.8, 4) is 0 Å². The predicted octanol–water partition coefficient (Wildman–Crippen LogP) is 2.68. The quantitative estimate of drug-likeness (QED) is 0.776. The average molecular weight is 252 g/mol. The van der Waals surface area contributed by atoms with Crippen LogP contribution in [0, 0.1) is 0 Å². The molecule has 1 aromatic carbocycles. The smallest absolute Gasteiger partial charge is 0.408 e. The number of hydrogen-bond donors (Lipinski definition) is 2. The maximum Gasteiger partial charge on any atom is 0.417 e. The molecule has 1 aromatic heterocycles. The normalized spacial score (nSPS) is 10.9. The minimum absolute atomic E-state index is 0.406. The Hall–Kier alpha value is -1.36. The molecule has 17 heavy (non-hydrogen) atoms. The summed E-state index contributed by atoms with van der Waals surface area (Å²) in [6.07, 6.45) is 1.14. The lowest BCUT2D eigenvalue weighted by atomic mass is 10.3. The van der Waals surface area contributed by atoms with Gasteiger partial charge in [-0.15, -0.1) is 0 Å². The van der Waals surface area contributed by atoms with Crippen LogP contribution in [0.4, 0.5) is 5.69 Å². The molecule has 0 fully saturated rings. The van der Waals surface area contributed by atoms with Crippen LogP contribution in [-0.4, -0.2) is 23.0 Å². The van der Waals surface area contributed by atoms with Gasteiger partial charge in [0.1, 0.15) is 0 Å². The fourth-order valence-electron chi connectivity index (χ4n) is 1.61. The maximum absolute atomic E-state index is 11.0. The van der Waals surface area contributed by atoms with Gasteiger partial charge >= 0.3 is 5.76 Å². The Bertz CT molecular complexity index is 533. The molecule has 0 saturated heterocycles. The zero-order valence-electron chi connectivity index (χ0n) is 9.79. The summed E-state index contributed by atoms with van der Waals surface area (Å²) in [5, 5.41) is 3.33. The zero-order valence-corrected chi connectivity index (χ0v) is 10.6. The van der Waals surface area contributed by atoms with E-state index in [1.165, 1.54) is 11.5 Å². The highest BCUT2D eigenvalue weighted by Crippen LogP contribution is 2.16. The Balaban J connectivity index is 1.92. The van der Waals surface area contributed by atoms with E-state index in [1.807, 2.05) is 23.9 Å². The third-order valence-corrected chi connectivity index (χ3v) is 3.40. The zero-order chi connectivity index (χ0) is 12.1. The fraction of sp³-hybridized carbons (Fsp3) is 0.417. The van der Waals surface area contributed by atoms with Crippen molar-refractivity contribution in [1.29, 1.82) is 0 Å². The molecule has 0 aliphatic carbocycles. The second-order valence-corrected chi connectivity index (χ2v) is 5.10. The van der Waals surface area contributed by atoms with Gasteiger partial charge in [0.25, 0.3) is 0 Å². The molecule has 2 N–H and O–H groups in total. The first-order valence-electron chi connectivity index (χ1n) is 5.74. The molecule has 1 heterocycles. The molecule has 0 bridgehead atoms. The summed E-state index contributed by atoms with van der Waals surface area (Å²) in [7, 11) is 0. The summed E-state index contributed by atoms with van der Waals surface area (Å²) in [6, 6.07) is 5.62. The number of benzene rings is 1. The molecule has 0 amide bonds. The highest BCUT2D eigenvalue weighted by atomic mass is 32.2. The minimum Gasteiger partial charge on any atom is -0.408 e. The Morgan fingerprint density at radius 3 is 3.18 bits per heavy atom. The molecule has 0 unspecified atom stereocenters. The van der Waals surface area contributed by atoms with Crippen molar-refractivity contribution in [1.82, 2.24) is 4.98 Å². The van der Waals surface area contributed by atoms with E-state index in [-0.39, 0.29) is 0 Å². The maximum atomic E-state index is 11.0. The van der Waals surface area contributed by atoms with Crippen LogP contribution >= 0.6 is 11.8 Å². The van der Waals surface area contributed by atoms with Crippen LogP contribution in [0.25, 0.3) is 11.1 Å². The number of oxazole rings is 1. The number of hydrogen-bond acceptors (Lipinski definition) is 4. The Labute approximate surface area is 104 Å². The molecule has 0 atom stereocenters. The van der Waals surface area contributed by atoms with Gasteiger partial charge < -0.3 is 9.73 Å². The van der Waals surface area contributed by atoms with Gasteiger partial charge in [0, 0.05) is 12.2 Å². The van der Waals surface area contributed by atoms with E-state index in [2.05, 4.69) is 17.2 Å². The van der Waals surface area contributed by atoms with E-state index in [0.717, 1.165) is 24.2 Å². The van der Waals surface area contributed by atoms with Gasteiger partial charge in [-0.3, -0.25) is 4.98 Å². The summed E-state index contributed by atoms with van der Waals surface area (Å²) in [6.45, 7) is 3.11. The van der Waals surface area contributed by atoms with Crippen molar-refractivity contribution >= 4 is 28.5 Å². The van der Waals surface area contributed by atoms with Crippen LogP contribution < -0.4 is 11.1 Å². The van der Waals surface area contributed by atoms with Crippen LogP contribution in [0.5, 0.6) is 0 Å². The second-order valence-electron chi connectivity index (χ2n) is 3.70. The molecule has 0 saturated carbocycles. The largest absolute Gasteiger partial charge is 0.417 e. The standard InChI is InChI=1S/C12H16N2O2S/c1-2-17-7-3-6-13-9-4-5-11-10(8-9)14-12(15)16-11/h4-5,8,13H,2-3,6-7H2,1H3,(H,14,15). The molecule has 92 valence electrons. The first-order valence-corrected chi connectivity index (χ1v) is 6.89. The van der Waals surface area contributed by atoms with Gasteiger partial charge in [-0.25, -0.2) is 4.79 Å². The minimum atomic E-state index is -0.406. The molecule has 0 aliphatic rings. The Morgan fingerprint density at radius 2 is 2.35 bits per heavy atom. The third-order valence-electron chi connectivity index (χ3n) is 2.42. The average Bonchev–Trinajstić information content (AvgIpc) is 2.68. The number of fused-ring (bicyclic) bond motifs is 1. The summed E-state index contributed by atoms with van der Waals surface area (Å²) in [5.74, 6) is 1.94. The fourth-order valence-corrected chi connectivity index (χ4v) is 2.25. The highest BCUT2D eigenvalue weighted by Gasteiger charge is 2.01. The van der Waals surface area contributed by atoms with Crippen LogP contribution in [-0.2, 0) is 0 Å². The third kappa shape index (κ3) is 3.30. The van der Waals surface area contributed by atoms with Gasteiger partial charge in [0.05, 0.1) is 5.52 Å². The number of anilines is 1. The van der Waals surface area contributed by atoms with Crippen molar-refractivity contribution in [2.45, 2.75) is 13.3 Å². The first kappa shape index (κ1) is 12.1. The molecule has 0 aliphatic heterocycles. The van der Waals surface area contributed by atoms with Gasteiger partial charge in [-0.2, -0.15) is 11.8 Å². The van der Waals surface area contributed by atoms with Crippen LogP contribution in [0.3, 0.4) is 0 Å². The predicted molar refractivity (Wildman–Crippen MR) is 72.9 cm³/mol. The van der Waals surface area contributed by atoms with E-state index in [1.54, 1.807) is 6.07 Å². The molecule has 0 radical (unpaired) electrons. The van der Waals surface area contributed by atoms with E-state index in [9.17, 15) is 4.79 Å². The molecule has 2 aromatic rings. The number of aromatic nitrogens is 1. The van der Waals surface area contributed by atoms with Gasteiger partial charge in [-0.1, -0.05) is 6.92 Å². The van der Waals surface area contributed by atoms with E-state index < -0.39 is 5.76 Å². The Morgan fingerprint density at radius 1 is 1.47 bits per heavy atom. The molecular formula is C12H16N2O2S. The molecular weight excluding hydrogens is 236 g/mol. The van der Waals surface area contributed by atoms with E-state index in [0.29, 0.717) is 5.58 Å². The number of rotatable bonds is 6. The molecule has 5 heteroatoms. The van der Waals surface area contributed by atoms with E-state index in [4.69, 9.17) is 4.42 Å². The highest BCUT2D eigenvalue weighted by molar-refractivity contribution is 7.99. The van der Waals surface area contributed by atoms with Crippen molar-refractivity contribution in [2.24, 2.45) is 0 Å². The van der Waals surface area contributed by atoms with Gasteiger partial charge in [0.2, 0.25) is 0 Å². The van der Waals surface area contributed by atoms with Crippen molar-refractivity contribution in [3.05, 3.63) is 28.7 Å². The summed E-state index contributed by atoms with van der Waals surface area (Å²) < 4.78 is 4.94. The lowest BCUT2D eigenvalue weighted by molar-refractivity contribution is 0.555. The summed E-state index contributed by atoms with van der Waals surface area (Å²) in [5.41, 5.74) is 2.35. The van der Waals surface area contributed by atoms with Crippen molar-refractivity contribution in [2.75, 3.05) is 23.4 Å². The van der Waals surface area contributed by atoms with Crippen molar-refractivity contribution in [3.63, 3.8) is 0 Å². The molecule has 2 rings (SSSR count). The molecule has 0 spiro atoms. The van der Waals surface area contributed by atoms with E-state index >= 15 is 0 Å². The number of nitrogens with one attached hydrogen (secondary N) is 2. The van der Waals surface area contributed by atoms with Crippen molar-refractivity contribution < 1.29 is 4.42 Å². The Kier molecular flexibility index (Phi) is 4.14. The van der Waals surface area contributed by atoms with Gasteiger partial charge in [0.15, 0.2) is 5.58 Å². The second kappa shape index (κ2) is 5.82.